The summed E-state index contributed by atoms with van der Waals surface area (Å²) in [5.74, 6) is -0.954. The fourth-order valence-electron chi connectivity index (χ4n) is 3.63. The summed E-state index contributed by atoms with van der Waals surface area (Å²) in [4.78, 5) is 12.7. The molecule has 0 saturated carbocycles. The van der Waals surface area contributed by atoms with Gasteiger partial charge < -0.3 is 15.2 Å². The predicted molar refractivity (Wildman–Crippen MR) is 140 cm³/mol. The van der Waals surface area contributed by atoms with E-state index in [0.29, 0.717) is 27.2 Å². The fourth-order valence-corrected chi connectivity index (χ4v) is 4.86. The van der Waals surface area contributed by atoms with E-state index in [1.54, 1.807) is 36.4 Å². The summed E-state index contributed by atoms with van der Waals surface area (Å²) >= 11 is 12.2. The first-order chi connectivity index (χ1) is 17.5. The molecule has 38 heavy (non-hydrogen) atoms. The van der Waals surface area contributed by atoms with Crippen LogP contribution in [0.1, 0.15) is 15.9 Å². The number of benzene rings is 4. The number of halogens is 2. The van der Waals surface area contributed by atoms with Crippen LogP contribution in [0.3, 0.4) is 0 Å². The SMILES string of the molecule is COc1cc(Cl)cc(NC(=O)c2cc3ccccc3c(N=Nc3cc(C)c(S(=O)(=O)O)cc3Cl)c2[O-])c1.[Na+]. The number of carbonyl (C=O) groups is 1. The Kier molecular flexibility index (Phi) is 9.43. The number of ether oxygens (including phenoxy) is 1. The van der Waals surface area contributed by atoms with Crippen LogP contribution in [0.5, 0.6) is 11.5 Å². The topological polar surface area (TPSA) is 140 Å². The van der Waals surface area contributed by atoms with Crippen LogP contribution >= 0.6 is 23.2 Å². The van der Waals surface area contributed by atoms with Gasteiger partial charge >= 0.3 is 29.6 Å². The van der Waals surface area contributed by atoms with E-state index in [9.17, 15) is 22.9 Å². The van der Waals surface area contributed by atoms with Crippen molar-refractivity contribution < 1.29 is 57.2 Å². The van der Waals surface area contributed by atoms with Crippen LogP contribution in [0.2, 0.25) is 10.0 Å². The number of fused-ring (bicyclic) bond motifs is 1. The third-order valence-electron chi connectivity index (χ3n) is 5.36. The second-order valence-electron chi connectivity index (χ2n) is 7.90. The largest absolute Gasteiger partial charge is 1.00 e. The van der Waals surface area contributed by atoms with Crippen molar-refractivity contribution in [3.63, 3.8) is 0 Å². The summed E-state index contributed by atoms with van der Waals surface area (Å²) < 4.78 is 37.6. The number of carbonyl (C=O) groups excluding carboxylic acids is 1. The number of methoxy groups -OCH3 is 1. The predicted octanol–water partition coefficient (Wildman–Crippen LogP) is 3.46. The van der Waals surface area contributed by atoms with Gasteiger partial charge in [0.05, 0.1) is 22.7 Å². The van der Waals surface area contributed by atoms with Gasteiger partial charge in [0.15, 0.2) is 0 Å². The number of hydrogen-bond acceptors (Lipinski definition) is 7. The summed E-state index contributed by atoms with van der Waals surface area (Å²) in [5, 5.41) is 25.3. The van der Waals surface area contributed by atoms with Crippen LogP contribution in [-0.2, 0) is 10.1 Å². The van der Waals surface area contributed by atoms with Gasteiger partial charge in [-0.3, -0.25) is 9.35 Å². The van der Waals surface area contributed by atoms with Crippen molar-refractivity contribution in [3.05, 3.63) is 81.8 Å². The number of hydrogen-bond donors (Lipinski definition) is 2. The Morgan fingerprint density at radius 1 is 1.05 bits per heavy atom. The van der Waals surface area contributed by atoms with Gasteiger partial charge in [-0.15, -0.1) is 5.11 Å². The van der Waals surface area contributed by atoms with E-state index in [0.717, 1.165) is 6.07 Å². The number of amides is 1. The molecule has 4 aromatic carbocycles. The molecule has 0 unspecified atom stereocenters. The zero-order chi connectivity index (χ0) is 26.9. The quantitative estimate of drug-likeness (QED) is 0.203. The first kappa shape index (κ1) is 29.9. The molecule has 0 atom stereocenters. The molecule has 2 N–H and O–H groups in total. The third kappa shape index (κ3) is 6.47. The molecule has 0 saturated heterocycles. The minimum absolute atomic E-state index is 0. The maximum absolute atomic E-state index is 13.4. The minimum Gasteiger partial charge on any atom is -0.870 e. The first-order valence-corrected chi connectivity index (χ1v) is 12.8. The molecule has 9 nitrogen and oxygen atoms in total. The molecule has 0 spiro atoms. The van der Waals surface area contributed by atoms with Gasteiger partial charge in [-0.05, 0) is 48.2 Å². The van der Waals surface area contributed by atoms with Gasteiger partial charge in [-0.25, -0.2) is 0 Å². The molecule has 0 heterocycles. The van der Waals surface area contributed by atoms with Gasteiger partial charge in [0.25, 0.3) is 16.0 Å². The number of anilines is 1. The second kappa shape index (κ2) is 12.0. The van der Waals surface area contributed by atoms with Gasteiger partial charge in [-0.1, -0.05) is 53.2 Å². The molecular formula is C25H18Cl2N3NaO6S. The molecule has 0 aliphatic carbocycles. The number of azo groups is 1. The average molecular weight is 582 g/mol. The molecule has 13 heteroatoms. The van der Waals surface area contributed by atoms with Crippen molar-refractivity contribution in [2.75, 3.05) is 12.4 Å². The molecule has 0 fully saturated rings. The number of nitrogens with one attached hydrogen (secondary N) is 1. The van der Waals surface area contributed by atoms with Gasteiger partial charge in [-0.2, -0.15) is 13.5 Å². The number of nitrogens with zero attached hydrogens (tertiary/aromatic N) is 2. The third-order valence-corrected chi connectivity index (χ3v) is 6.88. The van der Waals surface area contributed by atoms with E-state index in [2.05, 4.69) is 15.5 Å². The van der Waals surface area contributed by atoms with Crippen LogP contribution in [0.15, 0.2) is 75.8 Å². The normalized spacial score (nSPS) is 11.4. The van der Waals surface area contributed by atoms with Gasteiger partial charge in [0, 0.05) is 27.7 Å². The number of aryl methyl sites for hydroxylation is 1. The molecule has 190 valence electrons. The van der Waals surface area contributed by atoms with Crippen LogP contribution < -0.4 is 44.7 Å². The van der Waals surface area contributed by atoms with Crippen LogP contribution in [-0.4, -0.2) is 26.0 Å². The Hall–Kier alpha value is -2.70. The monoisotopic (exact) mass is 581 g/mol. The smallest absolute Gasteiger partial charge is 0.870 e. The van der Waals surface area contributed by atoms with E-state index in [1.807, 2.05) is 0 Å². The first-order valence-electron chi connectivity index (χ1n) is 10.6. The van der Waals surface area contributed by atoms with E-state index < -0.39 is 21.8 Å². The molecule has 1 amide bonds. The molecule has 0 bridgehead atoms. The van der Waals surface area contributed by atoms with Crippen LogP contribution in [0, 0.1) is 6.92 Å². The van der Waals surface area contributed by atoms with E-state index in [1.165, 1.54) is 32.2 Å². The zero-order valence-corrected chi connectivity index (χ0v) is 24.6. The van der Waals surface area contributed by atoms with Crippen molar-refractivity contribution in [1.82, 2.24) is 0 Å². The Morgan fingerprint density at radius 3 is 2.45 bits per heavy atom. The van der Waals surface area contributed by atoms with Gasteiger partial charge in [0.2, 0.25) is 0 Å². The van der Waals surface area contributed by atoms with Crippen LogP contribution in [0.4, 0.5) is 17.1 Å². The maximum Gasteiger partial charge on any atom is 1.00 e. The maximum atomic E-state index is 13.4. The zero-order valence-electron chi connectivity index (χ0n) is 20.3. The van der Waals surface area contributed by atoms with Crippen LogP contribution in [0.25, 0.3) is 10.8 Å². The van der Waals surface area contributed by atoms with Crippen molar-refractivity contribution in [3.8, 4) is 11.5 Å². The summed E-state index contributed by atoms with van der Waals surface area (Å²) in [7, 11) is -3.03. The van der Waals surface area contributed by atoms with Crippen molar-refractivity contribution in [2.45, 2.75) is 11.8 Å². The molecule has 0 aliphatic heterocycles. The summed E-state index contributed by atoms with van der Waals surface area (Å²) in [6.07, 6.45) is 0. The molecule has 0 radical (unpaired) electrons. The standard InChI is InChI=1S/C25H19Cl2N3O6S.Na/c1-13-7-21(20(27)12-22(13)37(33,34)35)29-30-23-18-6-4-3-5-14(18)8-19(24(23)31)25(32)28-16-9-15(26)10-17(11-16)36-2;/h3-12,31H,1-2H3,(H,28,32)(H,33,34,35);/q;+1/p-1. The van der Waals surface area contributed by atoms with E-state index in [-0.39, 0.29) is 62.0 Å². The average Bonchev–Trinajstić information content (AvgIpc) is 2.83. The Morgan fingerprint density at radius 2 is 1.76 bits per heavy atom. The molecule has 0 aliphatic rings. The van der Waals surface area contributed by atoms with Gasteiger partial charge in [0.1, 0.15) is 11.4 Å². The van der Waals surface area contributed by atoms with Crippen molar-refractivity contribution in [2.24, 2.45) is 10.2 Å². The molecule has 4 aromatic rings. The molecular weight excluding hydrogens is 564 g/mol. The second-order valence-corrected chi connectivity index (χ2v) is 10.1. The van der Waals surface area contributed by atoms with Crippen molar-refractivity contribution in [1.29, 1.82) is 0 Å². The number of rotatable bonds is 6. The summed E-state index contributed by atoms with van der Waals surface area (Å²) in [6.45, 7) is 1.45. The molecule has 0 aromatic heterocycles. The summed E-state index contributed by atoms with van der Waals surface area (Å²) in [5.41, 5.74) is 0.274. The van der Waals surface area contributed by atoms with E-state index in [4.69, 9.17) is 27.9 Å². The Labute approximate surface area is 250 Å². The fraction of sp³-hybridized carbons (Fsp3) is 0.0800. The minimum atomic E-state index is -4.49. The van der Waals surface area contributed by atoms with E-state index >= 15 is 0 Å². The Balaban J connectivity index is 0.00000400. The molecule has 4 rings (SSSR count). The Bertz CT molecular complexity index is 1700. The summed E-state index contributed by atoms with van der Waals surface area (Å²) in [6, 6.07) is 15.2. The van der Waals surface area contributed by atoms with Crippen molar-refractivity contribution >= 4 is 67.1 Å².